The molecule has 0 bridgehead atoms. The van der Waals surface area contributed by atoms with Gasteiger partial charge in [-0.15, -0.1) is 11.3 Å². The number of carboxylic acids is 1. The van der Waals surface area contributed by atoms with Crippen molar-refractivity contribution in [3.63, 3.8) is 0 Å². The molecule has 2 heterocycles. The Labute approximate surface area is 168 Å². The lowest BCUT2D eigenvalue weighted by Gasteiger charge is -2.24. The third-order valence-corrected chi connectivity index (χ3v) is 6.11. The van der Waals surface area contributed by atoms with Crippen molar-refractivity contribution < 1.29 is 28.2 Å². The number of carbonyl (C=O) groups excluding carboxylic acids is 1. The highest BCUT2D eigenvalue weighted by atomic mass is 32.1. The molecule has 1 aliphatic rings. The number of nitrogens with one attached hydrogen (secondary N) is 1. The number of ether oxygens (including phenoxy) is 1. The normalized spacial score (nSPS) is 15.6. The number of fused-ring (bicyclic) bond motifs is 1. The van der Waals surface area contributed by atoms with Gasteiger partial charge in [-0.25, -0.2) is 13.6 Å². The lowest BCUT2D eigenvalue weighted by atomic mass is 9.88. The van der Waals surface area contributed by atoms with E-state index >= 15 is 0 Å². The summed E-state index contributed by atoms with van der Waals surface area (Å²) in [6, 6.07) is 9.95. The Hall–Kier alpha value is -3.26. The number of thiophene rings is 1. The number of halogens is 2. The van der Waals surface area contributed by atoms with Crippen LogP contribution in [0.2, 0.25) is 0 Å². The van der Waals surface area contributed by atoms with Crippen LogP contribution in [0, 0.1) is 11.6 Å². The van der Waals surface area contributed by atoms with Crippen LogP contribution in [0.15, 0.2) is 42.5 Å². The number of methoxy groups -OCH3 is 1. The second kappa shape index (κ2) is 7.29. The summed E-state index contributed by atoms with van der Waals surface area (Å²) in [6.45, 7) is 0. The van der Waals surface area contributed by atoms with Gasteiger partial charge < -0.3 is 15.2 Å². The summed E-state index contributed by atoms with van der Waals surface area (Å²) in [5.74, 6) is -3.10. The molecule has 148 valence electrons. The van der Waals surface area contributed by atoms with Crippen LogP contribution in [0.25, 0.3) is 11.1 Å². The topological polar surface area (TPSA) is 75.6 Å². The number of hydrogen-bond acceptors (Lipinski definition) is 4. The third kappa shape index (κ3) is 3.36. The molecule has 8 heteroatoms. The molecular formula is C21H15F2NO4S. The molecule has 0 saturated heterocycles. The summed E-state index contributed by atoms with van der Waals surface area (Å²) in [7, 11) is 1.52. The van der Waals surface area contributed by atoms with E-state index in [1.165, 1.54) is 13.2 Å². The van der Waals surface area contributed by atoms with Crippen LogP contribution < -0.4 is 10.1 Å². The molecule has 3 aromatic rings. The van der Waals surface area contributed by atoms with Gasteiger partial charge in [0.25, 0.3) is 0 Å². The molecule has 1 aromatic heterocycles. The summed E-state index contributed by atoms with van der Waals surface area (Å²) >= 11 is 0.987. The second-order valence-electron chi connectivity index (χ2n) is 6.55. The summed E-state index contributed by atoms with van der Waals surface area (Å²) in [4.78, 5) is 24.9. The first kappa shape index (κ1) is 19.1. The molecule has 1 amide bonds. The molecule has 2 aromatic carbocycles. The van der Waals surface area contributed by atoms with Crippen molar-refractivity contribution in [1.82, 2.24) is 0 Å². The molecule has 29 heavy (non-hydrogen) atoms. The van der Waals surface area contributed by atoms with E-state index in [-0.39, 0.29) is 22.8 Å². The van der Waals surface area contributed by atoms with E-state index in [9.17, 15) is 23.5 Å². The quantitative estimate of drug-likeness (QED) is 0.637. The van der Waals surface area contributed by atoms with Crippen LogP contribution in [0.3, 0.4) is 0 Å². The van der Waals surface area contributed by atoms with E-state index in [0.29, 0.717) is 27.4 Å². The van der Waals surface area contributed by atoms with Gasteiger partial charge in [0.2, 0.25) is 5.91 Å². The average molecular weight is 415 g/mol. The van der Waals surface area contributed by atoms with Crippen molar-refractivity contribution in [3.05, 3.63) is 69.4 Å². The number of rotatable bonds is 4. The minimum absolute atomic E-state index is 0.0369. The molecular weight excluding hydrogens is 400 g/mol. The average Bonchev–Trinajstić information content (AvgIpc) is 3.07. The van der Waals surface area contributed by atoms with E-state index < -0.39 is 23.5 Å². The molecule has 0 radical (unpaired) electrons. The minimum Gasteiger partial charge on any atom is -0.497 e. The van der Waals surface area contributed by atoms with Crippen LogP contribution in [0.5, 0.6) is 5.75 Å². The first-order valence-corrected chi connectivity index (χ1v) is 9.50. The van der Waals surface area contributed by atoms with Gasteiger partial charge in [-0.3, -0.25) is 4.79 Å². The minimum atomic E-state index is -1.15. The van der Waals surface area contributed by atoms with Crippen molar-refractivity contribution in [1.29, 1.82) is 0 Å². The van der Waals surface area contributed by atoms with Crippen LogP contribution in [-0.4, -0.2) is 24.1 Å². The van der Waals surface area contributed by atoms with Crippen LogP contribution in [0.1, 0.15) is 32.5 Å². The van der Waals surface area contributed by atoms with Crippen molar-refractivity contribution in [3.8, 4) is 16.9 Å². The lowest BCUT2D eigenvalue weighted by Crippen LogP contribution is -2.23. The van der Waals surface area contributed by atoms with E-state index in [2.05, 4.69) is 5.32 Å². The summed E-state index contributed by atoms with van der Waals surface area (Å²) in [5.41, 5.74) is 1.45. The Morgan fingerprint density at radius 3 is 2.55 bits per heavy atom. The molecule has 0 unspecified atom stereocenters. The molecule has 1 atom stereocenters. The fraction of sp³-hybridized carbons (Fsp3) is 0.143. The van der Waals surface area contributed by atoms with Crippen LogP contribution >= 0.6 is 11.3 Å². The maximum atomic E-state index is 14.4. The highest BCUT2D eigenvalue weighted by molar-refractivity contribution is 7.15. The Bertz CT molecular complexity index is 1120. The molecule has 0 fully saturated rings. The zero-order valence-corrected chi connectivity index (χ0v) is 16.0. The highest BCUT2D eigenvalue weighted by Crippen LogP contribution is 2.49. The van der Waals surface area contributed by atoms with Gasteiger partial charge in [-0.05, 0) is 29.3 Å². The van der Waals surface area contributed by atoms with Gasteiger partial charge in [0, 0.05) is 28.8 Å². The predicted octanol–water partition coefficient (Wildman–Crippen LogP) is 4.87. The molecule has 0 spiro atoms. The molecule has 5 nitrogen and oxygen atoms in total. The van der Waals surface area contributed by atoms with Gasteiger partial charge in [0.05, 0.1) is 12.8 Å². The van der Waals surface area contributed by atoms with Crippen molar-refractivity contribution in [2.75, 3.05) is 12.4 Å². The lowest BCUT2D eigenvalue weighted by molar-refractivity contribution is -0.116. The van der Waals surface area contributed by atoms with Gasteiger partial charge in [-0.2, -0.15) is 0 Å². The van der Waals surface area contributed by atoms with Gasteiger partial charge in [-0.1, -0.05) is 18.2 Å². The molecule has 1 aliphatic heterocycles. The van der Waals surface area contributed by atoms with E-state index in [4.69, 9.17) is 4.74 Å². The molecule has 0 saturated carbocycles. The Kier molecular flexibility index (Phi) is 4.79. The molecule has 2 N–H and O–H groups in total. The van der Waals surface area contributed by atoms with Crippen molar-refractivity contribution in [2.45, 2.75) is 12.3 Å². The van der Waals surface area contributed by atoms with Crippen LogP contribution in [0.4, 0.5) is 14.5 Å². The number of anilines is 1. The first-order chi connectivity index (χ1) is 13.9. The number of carboxylic acid groups (broad SMARTS) is 1. The third-order valence-electron chi connectivity index (χ3n) is 4.82. The number of benzene rings is 2. The fourth-order valence-corrected chi connectivity index (χ4v) is 4.74. The molecule has 0 aliphatic carbocycles. The number of aromatic carboxylic acids is 1. The Morgan fingerprint density at radius 1 is 1.21 bits per heavy atom. The largest absolute Gasteiger partial charge is 0.497 e. The predicted molar refractivity (Wildman–Crippen MR) is 105 cm³/mol. The van der Waals surface area contributed by atoms with Gasteiger partial charge in [0.15, 0.2) is 0 Å². The summed E-state index contributed by atoms with van der Waals surface area (Å²) < 4.78 is 32.9. The van der Waals surface area contributed by atoms with Crippen LogP contribution in [-0.2, 0) is 4.79 Å². The molecule has 4 rings (SSSR count). The zero-order chi connectivity index (χ0) is 20.7. The van der Waals surface area contributed by atoms with E-state index in [0.717, 1.165) is 23.5 Å². The van der Waals surface area contributed by atoms with Crippen molar-refractivity contribution in [2.24, 2.45) is 0 Å². The number of hydrogen-bond donors (Lipinski definition) is 2. The Morgan fingerprint density at radius 2 is 1.93 bits per heavy atom. The second-order valence-corrected chi connectivity index (χ2v) is 7.60. The fourth-order valence-electron chi connectivity index (χ4n) is 3.51. The standard InChI is InChI=1S/C21H15F2NO4S/c1-28-12-5-2-10(3-6-12)17-18-19(29-20(17)21(26)27)14(9-16(25)24-18)13-7-4-11(22)8-15(13)23/h2-8,14H,9H2,1H3,(H,24,25)(H,26,27)/t14-/m0/s1. The first-order valence-electron chi connectivity index (χ1n) is 8.68. The maximum absolute atomic E-state index is 14.4. The number of carbonyl (C=O) groups is 2. The summed E-state index contributed by atoms with van der Waals surface area (Å²) in [6.07, 6.45) is -0.0584. The monoisotopic (exact) mass is 415 g/mol. The number of amides is 1. The van der Waals surface area contributed by atoms with E-state index in [1.807, 2.05) is 0 Å². The SMILES string of the molecule is COc1ccc(-c2c(C(=O)O)sc3c2NC(=O)C[C@H]3c2ccc(F)cc2F)cc1. The smallest absolute Gasteiger partial charge is 0.346 e. The highest BCUT2D eigenvalue weighted by Gasteiger charge is 2.35. The van der Waals surface area contributed by atoms with E-state index in [1.54, 1.807) is 24.3 Å². The van der Waals surface area contributed by atoms with Crippen molar-refractivity contribution >= 4 is 28.9 Å². The van der Waals surface area contributed by atoms with Gasteiger partial charge >= 0.3 is 5.97 Å². The maximum Gasteiger partial charge on any atom is 0.346 e. The van der Waals surface area contributed by atoms with Gasteiger partial charge in [0.1, 0.15) is 22.3 Å². The summed E-state index contributed by atoms with van der Waals surface area (Å²) in [5, 5.41) is 12.5. The zero-order valence-electron chi connectivity index (χ0n) is 15.2. The Balaban J connectivity index is 1.92.